The number of pyridine rings is 2. The molecule has 2 fully saturated rings. The molecule has 3 aliphatic rings. The number of phosphoric acid groups is 3. The molecule has 274 valence electrons. The van der Waals surface area contributed by atoms with Gasteiger partial charge in [-0.3, -0.25) is 23.7 Å². The van der Waals surface area contributed by atoms with Crippen LogP contribution in [0, 0.1) is 13.8 Å². The first-order valence-electron chi connectivity index (χ1n) is 14.7. The standard InChI is InChI=1S/C15H14N4O.C10H16N5O13P3/c1-9-6-8-17-14-12(9)18-15(20)11-3-2-7-16-13(11)19(14)10-4-5-10;1-5-3-15(10(17)12-9(5)16)8-2-6(13-14-11)7(26-8)4-25-30(21,22)28-31(23,24)27-29(18,19)20/h2-3,6-8,10H,4-5H2,1H3,(H,18,20);3,6-8H,2,4H2,1H3,(H,21,22)(H,23,24)(H,12,16,17)(H2,18,19,20)/t;6-,7+,8+/m.0/s1. The van der Waals surface area contributed by atoms with Crippen LogP contribution in [0.5, 0.6) is 0 Å². The molecule has 0 spiro atoms. The van der Waals surface area contributed by atoms with Crippen LogP contribution in [0.3, 0.4) is 0 Å². The van der Waals surface area contributed by atoms with E-state index in [9.17, 15) is 33.0 Å². The summed E-state index contributed by atoms with van der Waals surface area (Å²) in [4.78, 5) is 87.1. The van der Waals surface area contributed by atoms with E-state index in [1.54, 1.807) is 18.5 Å². The van der Waals surface area contributed by atoms with E-state index in [-0.39, 0.29) is 17.9 Å². The molecular weight excluding hydrogens is 743 g/mol. The molecule has 0 radical (unpaired) electrons. The first kappa shape index (κ1) is 38.2. The molecule has 3 aromatic heterocycles. The number of hydrogen-bond acceptors (Lipinski definition) is 14. The first-order chi connectivity index (χ1) is 23.9. The Morgan fingerprint density at radius 3 is 2.39 bits per heavy atom. The molecule has 5 atom stereocenters. The van der Waals surface area contributed by atoms with Gasteiger partial charge in [-0.1, -0.05) is 5.11 Å². The van der Waals surface area contributed by atoms with Gasteiger partial charge in [0, 0.05) is 41.5 Å². The second-order valence-electron chi connectivity index (χ2n) is 11.3. The highest BCUT2D eigenvalue weighted by molar-refractivity contribution is 7.66. The van der Waals surface area contributed by atoms with Gasteiger partial charge < -0.3 is 34.5 Å². The van der Waals surface area contributed by atoms with E-state index in [2.05, 4.69) is 43.4 Å². The van der Waals surface area contributed by atoms with E-state index >= 15 is 0 Å². The number of H-pyrrole nitrogens is 1. The zero-order chi connectivity index (χ0) is 37.3. The molecule has 6 N–H and O–H groups in total. The Kier molecular flexibility index (Phi) is 11.1. The van der Waals surface area contributed by atoms with Crippen molar-refractivity contribution in [2.24, 2.45) is 5.11 Å². The molecule has 6 rings (SSSR count). The lowest BCUT2D eigenvalue weighted by atomic mass is 10.1. The highest BCUT2D eigenvalue weighted by atomic mass is 31.3. The Labute approximate surface area is 286 Å². The number of nitrogens with zero attached hydrogens (tertiary/aromatic N) is 7. The third-order valence-electron chi connectivity index (χ3n) is 7.46. The minimum absolute atomic E-state index is 0.111. The van der Waals surface area contributed by atoms with E-state index in [0.717, 1.165) is 34.5 Å². The molecule has 1 saturated heterocycles. The van der Waals surface area contributed by atoms with Crippen molar-refractivity contribution < 1.29 is 55.9 Å². The summed E-state index contributed by atoms with van der Waals surface area (Å²) in [5.41, 5.74) is 9.80. The fourth-order valence-corrected chi connectivity index (χ4v) is 8.13. The Balaban J connectivity index is 0.000000215. The maximum atomic E-state index is 12.4. The number of aromatic amines is 1. The molecule has 51 heavy (non-hydrogen) atoms. The molecule has 1 aliphatic carbocycles. The van der Waals surface area contributed by atoms with Gasteiger partial charge >= 0.3 is 29.2 Å². The Morgan fingerprint density at radius 2 is 1.73 bits per heavy atom. The summed E-state index contributed by atoms with van der Waals surface area (Å²) in [6.07, 6.45) is 4.46. The first-order valence-corrected chi connectivity index (χ1v) is 19.2. The number of carbonyl (C=O) groups excluding carboxylic acids is 1. The summed E-state index contributed by atoms with van der Waals surface area (Å²) in [5, 5.41) is 6.39. The predicted octanol–water partition coefficient (Wildman–Crippen LogP) is 2.81. The van der Waals surface area contributed by atoms with Crippen molar-refractivity contribution in [3.05, 3.63) is 84.8 Å². The highest BCUT2D eigenvalue weighted by Gasteiger charge is 2.43. The van der Waals surface area contributed by atoms with Crippen molar-refractivity contribution in [1.29, 1.82) is 0 Å². The molecule has 3 aromatic rings. The quantitative estimate of drug-likeness (QED) is 0.0746. The van der Waals surface area contributed by atoms with Crippen LogP contribution in [0.2, 0.25) is 0 Å². The topological polar surface area (TPSA) is 331 Å². The van der Waals surface area contributed by atoms with E-state index in [0.29, 0.717) is 17.4 Å². The van der Waals surface area contributed by atoms with Crippen LogP contribution in [0.25, 0.3) is 10.4 Å². The minimum Gasteiger partial charge on any atom is -0.352 e. The Hall–Kier alpha value is -4.07. The van der Waals surface area contributed by atoms with Crippen LogP contribution in [0.1, 0.15) is 47.0 Å². The van der Waals surface area contributed by atoms with Crippen LogP contribution >= 0.6 is 23.5 Å². The van der Waals surface area contributed by atoms with Crippen LogP contribution < -0.4 is 21.5 Å². The summed E-state index contributed by atoms with van der Waals surface area (Å²) in [7, 11) is -16.7. The van der Waals surface area contributed by atoms with Crippen molar-refractivity contribution in [1.82, 2.24) is 19.5 Å². The van der Waals surface area contributed by atoms with Gasteiger partial charge in [-0.05, 0) is 56.0 Å². The number of nitrogens with one attached hydrogen (secondary N) is 2. The SMILES string of the molecule is Cc1ccnc2c1NC(=O)c1cccnc1N2C1CC1.Cc1cn([C@H]2C[C@H](N=[N+]=[N-])[C@@H](COP(=O)(O)OP(=O)(O)OP(=O)(O)O)O2)c(=O)[nH]c1=O. The van der Waals surface area contributed by atoms with Gasteiger partial charge in [0.25, 0.3) is 11.5 Å². The number of amides is 1. The summed E-state index contributed by atoms with van der Waals surface area (Å²) >= 11 is 0. The number of aromatic nitrogens is 4. The average molecular weight is 773 g/mol. The molecule has 23 nitrogen and oxygen atoms in total. The number of aryl methyl sites for hydroxylation is 2. The second kappa shape index (κ2) is 14.9. The number of carbonyl (C=O) groups is 1. The van der Waals surface area contributed by atoms with Crippen molar-refractivity contribution >= 4 is 46.7 Å². The molecule has 26 heteroatoms. The zero-order valence-electron chi connectivity index (χ0n) is 26.4. The average Bonchev–Trinajstić information content (AvgIpc) is 3.79. The lowest BCUT2D eigenvalue weighted by Gasteiger charge is -2.23. The van der Waals surface area contributed by atoms with Crippen molar-refractivity contribution in [2.75, 3.05) is 16.8 Å². The maximum absolute atomic E-state index is 12.4. The van der Waals surface area contributed by atoms with Gasteiger partial charge in [0.1, 0.15) is 12.0 Å². The maximum Gasteiger partial charge on any atom is 0.490 e. The normalized spacial score (nSPS) is 22.1. The Bertz CT molecular complexity index is 2150. The minimum atomic E-state index is -5.70. The highest BCUT2D eigenvalue weighted by Crippen LogP contribution is 2.66. The monoisotopic (exact) mass is 773 g/mol. The number of rotatable bonds is 10. The number of fused-ring (bicyclic) bond motifs is 2. The van der Waals surface area contributed by atoms with Gasteiger partial charge in [-0.2, -0.15) is 8.62 Å². The van der Waals surface area contributed by atoms with Crippen molar-refractivity contribution in [3.8, 4) is 0 Å². The molecule has 0 aromatic carbocycles. The predicted molar refractivity (Wildman–Crippen MR) is 174 cm³/mol. The lowest BCUT2D eigenvalue weighted by Crippen LogP contribution is -2.33. The van der Waals surface area contributed by atoms with Crippen LogP contribution in [0.15, 0.2) is 51.5 Å². The number of phosphoric ester groups is 1. The second-order valence-corrected chi connectivity index (χ2v) is 15.7. The number of hydrogen-bond donors (Lipinski definition) is 6. The smallest absolute Gasteiger partial charge is 0.352 e. The Morgan fingerprint density at radius 1 is 1.02 bits per heavy atom. The van der Waals surface area contributed by atoms with Crippen LogP contribution in [-0.2, 0) is 31.6 Å². The molecule has 2 aliphatic heterocycles. The largest absolute Gasteiger partial charge is 0.490 e. The van der Waals surface area contributed by atoms with Crippen molar-refractivity contribution in [2.45, 2.75) is 57.5 Å². The van der Waals surface area contributed by atoms with E-state index in [1.165, 1.54) is 13.1 Å². The molecule has 1 saturated carbocycles. The molecule has 0 bridgehead atoms. The number of ether oxygens (including phenoxy) is 1. The fourth-order valence-electron chi connectivity index (χ4n) is 5.10. The van der Waals surface area contributed by atoms with Crippen molar-refractivity contribution in [3.63, 3.8) is 0 Å². The lowest BCUT2D eigenvalue weighted by molar-refractivity contribution is -0.0267. The fraction of sp³-hybridized carbons (Fsp3) is 0.400. The van der Waals surface area contributed by atoms with Crippen LogP contribution in [0.4, 0.5) is 17.3 Å². The summed E-state index contributed by atoms with van der Waals surface area (Å²) in [5.74, 6) is 1.40. The summed E-state index contributed by atoms with van der Waals surface area (Å²) in [6, 6.07) is 4.87. The van der Waals surface area contributed by atoms with E-state index in [1.807, 2.05) is 24.0 Å². The van der Waals surface area contributed by atoms with Gasteiger partial charge in [0.2, 0.25) is 0 Å². The molecular formula is C25H30N9O14P3. The third-order valence-corrected chi connectivity index (χ3v) is 11.3. The van der Waals surface area contributed by atoms with Gasteiger partial charge in [0.05, 0.1) is 30.0 Å². The van der Waals surface area contributed by atoms with Gasteiger partial charge in [0.15, 0.2) is 5.82 Å². The zero-order valence-corrected chi connectivity index (χ0v) is 29.1. The molecule has 5 heterocycles. The summed E-state index contributed by atoms with van der Waals surface area (Å²) in [6.45, 7) is 2.53. The third kappa shape index (κ3) is 9.43. The number of azide groups is 1. The van der Waals surface area contributed by atoms with E-state index < -0.39 is 59.7 Å². The summed E-state index contributed by atoms with van der Waals surface area (Å²) < 4.78 is 51.8. The van der Waals surface area contributed by atoms with Gasteiger partial charge in [-0.15, -0.1) is 0 Å². The van der Waals surface area contributed by atoms with E-state index in [4.69, 9.17) is 24.9 Å². The number of anilines is 3. The van der Waals surface area contributed by atoms with Gasteiger partial charge in [-0.25, -0.2) is 28.5 Å². The molecule has 1 amide bonds. The molecule has 2 unspecified atom stereocenters. The van der Waals surface area contributed by atoms with Crippen LogP contribution in [-0.4, -0.2) is 69.8 Å².